The Kier molecular flexibility index (Phi) is 5.58. The van der Waals surface area contributed by atoms with E-state index in [0.29, 0.717) is 28.7 Å². The quantitative estimate of drug-likeness (QED) is 0.730. The van der Waals surface area contributed by atoms with Gasteiger partial charge in [-0.3, -0.25) is 9.78 Å². The fraction of sp³-hybridized carbons (Fsp3) is 0.250. The van der Waals surface area contributed by atoms with Crippen molar-refractivity contribution in [3.8, 4) is 11.5 Å². The third kappa shape index (κ3) is 4.76. The largest absolute Gasteiger partial charge is 0.492 e. The molecule has 2 aromatic rings. The molecule has 2 rings (SSSR count). The lowest BCUT2D eigenvalue weighted by Crippen LogP contribution is -2.12. The summed E-state index contributed by atoms with van der Waals surface area (Å²) in [5.74, 6) is 0.983. The maximum absolute atomic E-state index is 12.1. The van der Waals surface area contributed by atoms with Crippen molar-refractivity contribution in [3.63, 3.8) is 0 Å². The number of Topliss-reactive ketones (excluding diaryl/α,β-unsaturated/α-hetero) is 1. The van der Waals surface area contributed by atoms with E-state index in [1.54, 1.807) is 36.5 Å². The van der Waals surface area contributed by atoms with Crippen LogP contribution in [0.15, 0.2) is 42.7 Å². The summed E-state index contributed by atoms with van der Waals surface area (Å²) in [4.78, 5) is 16.1. The van der Waals surface area contributed by atoms with Crippen molar-refractivity contribution in [2.45, 2.75) is 13.3 Å². The Morgan fingerprint density at radius 1 is 1.19 bits per heavy atom. The summed E-state index contributed by atoms with van der Waals surface area (Å²) in [6.07, 6.45) is 3.99. The maximum atomic E-state index is 12.1. The van der Waals surface area contributed by atoms with E-state index >= 15 is 0 Å². The monoisotopic (exact) mass is 305 g/mol. The van der Waals surface area contributed by atoms with Crippen LogP contribution in [-0.2, 0) is 0 Å². The number of hydrogen-bond donors (Lipinski definition) is 0. The normalized spacial score (nSPS) is 10.2. The Labute approximate surface area is 128 Å². The van der Waals surface area contributed by atoms with Gasteiger partial charge in [0.25, 0.3) is 0 Å². The van der Waals surface area contributed by atoms with Crippen LogP contribution >= 0.6 is 11.6 Å². The van der Waals surface area contributed by atoms with Crippen LogP contribution in [0.25, 0.3) is 0 Å². The van der Waals surface area contributed by atoms with Gasteiger partial charge in [0.15, 0.2) is 6.61 Å². The molecule has 1 aromatic carbocycles. The standard InChI is InChI=1S/C16H16ClNO3/c1-2-6-20-15-7-12(9-18-10-15)16(19)11-21-14-5-3-4-13(17)8-14/h3-5,7-10H,2,6,11H2,1H3. The van der Waals surface area contributed by atoms with Crippen molar-refractivity contribution < 1.29 is 14.3 Å². The van der Waals surface area contributed by atoms with E-state index in [0.717, 1.165) is 6.42 Å². The van der Waals surface area contributed by atoms with Gasteiger partial charge in [-0.25, -0.2) is 0 Å². The first-order chi connectivity index (χ1) is 10.2. The zero-order valence-electron chi connectivity index (χ0n) is 11.7. The lowest BCUT2D eigenvalue weighted by molar-refractivity contribution is 0.0920. The van der Waals surface area contributed by atoms with Crippen LogP contribution in [0.5, 0.6) is 11.5 Å². The van der Waals surface area contributed by atoms with Gasteiger partial charge >= 0.3 is 0 Å². The molecule has 0 spiro atoms. The zero-order chi connectivity index (χ0) is 15.1. The third-order valence-electron chi connectivity index (χ3n) is 2.67. The molecule has 1 aromatic heterocycles. The summed E-state index contributed by atoms with van der Waals surface area (Å²) in [6, 6.07) is 8.59. The fourth-order valence-corrected chi connectivity index (χ4v) is 1.84. The van der Waals surface area contributed by atoms with E-state index < -0.39 is 0 Å². The Hall–Kier alpha value is -2.07. The SMILES string of the molecule is CCCOc1cncc(C(=O)COc2cccc(Cl)c2)c1. The average molecular weight is 306 g/mol. The highest BCUT2D eigenvalue weighted by molar-refractivity contribution is 6.30. The summed E-state index contributed by atoms with van der Waals surface area (Å²) >= 11 is 5.85. The number of ketones is 1. The van der Waals surface area contributed by atoms with Crippen LogP contribution in [0.3, 0.4) is 0 Å². The summed E-state index contributed by atoms with van der Waals surface area (Å²) in [5.41, 5.74) is 0.464. The molecule has 0 aliphatic heterocycles. The van der Waals surface area contributed by atoms with Gasteiger partial charge in [-0.1, -0.05) is 24.6 Å². The second-order valence-electron chi connectivity index (χ2n) is 4.43. The minimum Gasteiger partial charge on any atom is -0.492 e. The molecule has 0 amide bonds. The van der Waals surface area contributed by atoms with E-state index in [1.807, 2.05) is 6.92 Å². The van der Waals surface area contributed by atoms with Crippen LogP contribution < -0.4 is 9.47 Å². The van der Waals surface area contributed by atoms with Gasteiger partial charge in [0, 0.05) is 16.8 Å². The number of carbonyl (C=O) groups is 1. The number of carbonyl (C=O) groups excluding carboxylic acids is 1. The molecule has 0 N–H and O–H groups in total. The summed E-state index contributed by atoms with van der Waals surface area (Å²) in [7, 11) is 0. The van der Waals surface area contributed by atoms with Gasteiger partial charge in [-0.15, -0.1) is 0 Å². The molecule has 0 atom stereocenters. The number of nitrogens with zero attached hydrogens (tertiary/aromatic N) is 1. The number of pyridine rings is 1. The molecule has 0 fully saturated rings. The van der Waals surface area contributed by atoms with Gasteiger partial charge in [0.05, 0.1) is 12.8 Å². The molecule has 0 bridgehead atoms. The second-order valence-corrected chi connectivity index (χ2v) is 4.86. The van der Waals surface area contributed by atoms with Gasteiger partial charge in [0.2, 0.25) is 5.78 Å². The molecule has 0 aliphatic carbocycles. The van der Waals surface area contributed by atoms with Gasteiger partial charge in [0.1, 0.15) is 11.5 Å². The molecule has 0 saturated carbocycles. The van der Waals surface area contributed by atoms with Crippen molar-refractivity contribution in [2.24, 2.45) is 0 Å². The average Bonchev–Trinajstić information content (AvgIpc) is 2.51. The van der Waals surface area contributed by atoms with Crippen molar-refractivity contribution in [1.29, 1.82) is 0 Å². The van der Waals surface area contributed by atoms with E-state index in [4.69, 9.17) is 21.1 Å². The number of hydrogen-bond acceptors (Lipinski definition) is 4. The highest BCUT2D eigenvalue weighted by Crippen LogP contribution is 2.18. The number of aromatic nitrogens is 1. The lowest BCUT2D eigenvalue weighted by atomic mass is 10.2. The molecule has 4 nitrogen and oxygen atoms in total. The predicted octanol–water partition coefficient (Wildman–Crippen LogP) is 3.79. The number of ether oxygens (including phenoxy) is 2. The first kappa shape index (κ1) is 15.3. The van der Waals surface area contributed by atoms with Crippen molar-refractivity contribution >= 4 is 17.4 Å². The summed E-state index contributed by atoms with van der Waals surface area (Å²) in [5, 5.41) is 0.566. The Morgan fingerprint density at radius 2 is 2.05 bits per heavy atom. The number of rotatable bonds is 7. The molecule has 21 heavy (non-hydrogen) atoms. The topological polar surface area (TPSA) is 48.4 Å². The van der Waals surface area contributed by atoms with Crippen molar-refractivity contribution in [3.05, 3.63) is 53.3 Å². The third-order valence-corrected chi connectivity index (χ3v) is 2.91. The molecule has 5 heteroatoms. The van der Waals surface area contributed by atoms with Crippen molar-refractivity contribution in [2.75, 3.05) is 13.2 Å². The summed E-state index contributed by atoms with van der Waals surface area (Å²) in [6.45, 7) is 2.54. The first-order valence-corrected chi connectivity index (χ1v) is 7.06. The molecular weight excluding hydrogens is 290 g/mol. The summed E-state index contributed by atoms with van der Waals surface area (Å²) < 4.78 is 10.9. The minimum absolute atomic E-state index is 0.0702. The van der Waals surface area contributed by atoms with E-state index in [9.17, 15) is 4.79 Å². The van der Waals surface area contributed by atoms with E-state index in [-0.39, 0.29) is 12.4 Å². The van der Waals surface area contributed by atoms with E-state index in [2.05, 4.69) is 4.98 Å². The highest BCUT2D eigenvalue weighted by Gasteiger charge is 2.09. The Morgan fingerprint density at radius 3 is 2.81 bits per heavy atom. The minimum atomic E-state index is -0.163. The van der Waals surface area contributed by atoms with Crippen LogP contribution in [0.2, 0.25) is 5.02 Å². The van der Waals surface area contributed by atoms with Crippen LogP contribution in [-0.4, -0.2) is 24.0 Å². The second kappa shape index (κ2) is 7.64. The number of halogens is 1. The van der Waals surface area contributed by atoms with Crippen molar-refractivity contribution in [1.82, 2.24) is 4.98 Å². The zero-order valence-corrected chi connectivity index (χ0v) is 12.5. The fourth-order valence-electron chi connectivity index (χ4n) is 1.66. The van der Waals surface area contributed by atoms with E-state index in [1.165, 1.54) is 6.20 Å². The van der Waals surface area contributed by atoms with Gasteiger partial charge < -0.3 is 9.47 Å². The maximum Gasteiger partial charge on any atom is 0.201 e. The van der Waals surface area contributed by atoms with Gasteiger partial charge in [-0.05, 0) is 30.7 Å². The van der Waals surface area contributed by atoms with Crippen LogP contribution in [0.1, 0.15) is 23.7 Å². The van der Waals surface area contributed by atoms with Crippen LogP contribution in [0.4, 0.5) is 0 Å². The molecule has 0 aliphatic rings. The molecule has 110 valence electrons. The predicted molar refractivity (Wildman–Crippen MR) is 81.3 cm³/mol. The first-order valence-electron chi connectivity index (χ1n) is 6.68. The lowest BCUT2D eigenvalue weighted by Gasteiger charge is -2.07. The van der Waals surface area contributed by atoms with Crippen LogP contribution in [0, 0.1) is 0 Å². The van der Waals surface area contributed by atoms with Gasteiger partial charge in [-0.2, -0.15) is 0 Å². The molecule has 0 radical (unpaired) electrons. The molecule has 0 saturated heterocycles. The Bertz CT molecular complexity index is 616. The Balaban J connectivity index is 1.96. The molecular formula is C16H16ClNO3. The molecule has 1 heterocycles. The highest BCUT2D eigenvalue weighted by atomic mass is 35.5. The number of benzene rings is 1. The molecule has 0 unspecified atom stereocenters. The smallest absolute Gasteiger partial charge is 0.201 e.